The number of hydrogen-bond acceptors (Lipinski definition) is 0. The molecule has 0 amide bonds. The van der Waals surface area contributed by atoms with Gasteiger partial charge in [0, 0.05) is 0 Å². The number of hydrogen-bond donors (Lipinski definition) is 0. The standard InChI is InChI=1S/C27H24N2.2ClH.Ti/c1-5-13-22(14-6-1)26(28-24-17-9-3-10-18-24)21-27(23-15-7-2-8-16-23)29-25-19-11-4-12-20-25;;;/h1-20,26-27H,21H2;2*1H;/q-2;;;+2/p-2. The van der Waals surface area contributed by atoms with E-state index in [1.807, 2.05) is 48.5 Å². The molecule has 0 aliphatic rings. The van der Waals surface area contributed by atoms with Crippen molar-refractivity contribution in [3.63, 3.8) is 0 Å². The van der Waals surface area contributed by atoms with Crippen molar-refractivity contribution in [2.24, 2.45) is 0 Å². The first-order valence-corrected chi connectivity index (χ1v) is 14.7. The van der Waals surface area contributed by atoms with Gasteiger partial charge in [0.2, 0.25) is 0 Å². The van der Waals surface area contributed by atoms with Crippen LogP contribution < -0.4 is 0 Å². The summed E-state index contributed by atoms with van der Waals surface area (Å²) in [5.41, 5.74) is 4.40. The quantitative estimate of drug-likeness (QED) is 0.218. The molecule has 5 heteroatoms. The number of benzene rings is 4. The van der Waals surface area contributed by atoms with Gasteiger partial charge in [-0.3, -0.25) is 0 Å². The van der Waals surface area contributed by atoms with Crippen LogP contribution >= 0.6 is 18.6 Å². The number of rotatable bonds is 8. The van der Waals surface area contributed by atoms with Crippen LogP contribution in [-0.2, 0) is 17.0 Å². The second-order valence-corrected chi connectivity index (χ2v) is 9.67. The molecule has 0 spiro atoms. The number of para-hydroxylation sites is 2. The molecule has 0 bridgehead atoms. The maximum atomic E-state index is 5.08. The molecule has 4 aromatic rings. The first-order valence-electron chi connectivity index (χ1n) is 10.4. The first kappa shape index (κ1) is 24.4. The van der Waals surface area contributed by atoms with Crippen molar-refractivity contribution < 1.29 is 17.0 Å². The molecule has 0 heterocycles. The molecule has 0 aliphatic carbocycles. The van der Waals surface area contributed by atoms with Crippen LogP contribution in [0.15, 0.2) is 121 Å². The van der Waals surface area contributed by atoms with E-state index in [2.05, 4.69) is 72.8 Å². The summed E-state index contributed by atoms with van der Waals surface area (Å²) >= 11 is -0.556. The van der Waals surface area contributed by atoms with Gasteiger partial charge in [-0.1, -0.05) is 151 Å². The maximum absolute atomic E-state index is 5.08. The largest absolute Gasteiger partial charge is 0.678 e. The minimum Gasteiger partial charge on any atom is -0.678 e. The molecule has 4 rings (SSSR count). The third kappa shape index (κ3) is 8.04. The third-order valence-corrected chi connectivity index (χ3v) is 4.94. The Kier molecular flexibility index (Phi) is 10.7. The Balaban J connectivity index is 0.000000913. The second kappa shape index (κ2) is 14.0. The SMILES string of the molecule is [Cl][Ti][Cl].c1ccc([N-]C(CC([N-]c2ccccc2)c2ccccc2)c2ccccc2)cc1. The minimum absolute atomic E-state index is 0.0243. The summed E-state index contributed by atoms with van der Waals surface area (Å²) in [5, 5.41) is 10.2. The molecule has 162 valence electrons. The van der Waals surface area contributed by atoms with Crippen molar-refractivity contribution in [3.8, 4) is 0 Å². The molecule has 0 saturated carbocycles. The Labute approximate surface area is 207 Å². The van der Waals surface area contributed by atoms with E-state index in [-0.39, 0.29) is 12.1 Å². The van der Waals surface area contributed by atoms with Crippen LogP contribution in [0.4, 0.5) is 11.4 Å². The monoisotopic (exact) mass is 494 g/mol. The molecule has 0 aromatic heterocycles. The molecule has 32 heavy (non-hydrogen) atoms. The van der Waals surface area contributed by atoms with E-state index in [1.165, 1.54) is 11.1 Å². The van der Waals surface area contributed by atoms with Crippen LogP contribution in [0.1, 0.15) is 29.6 Å². The van der Waals surface area contributed by atoms with Gasteiger partial charge < -0.3 is 10.6 Å². The Bertz CT molecular complexity index is 920. The van der Waals surface area contributed by atoms with E-state index in [0.29, 0.717) is 0 Å². The molecule has 0 fully saturated rings. The average Bonchev–Trinajstić information content (AvgIpc) is 2.86. The summed E-state index contributed by atoms with van der Waals surface area (Å²) in [4.78, 5) is 0. The summed E-state index contributed by atoms with van der Waals surface area (Å²) in [7, 11) is 9.78. The van der Waals surface area contributed by atoms with Crippen LogP contribution in [0.3, 0.4) is 0 Å². The smallest absolute Gasteiger partial charge is 0.0603 e. The van der Waals surface area contributed by atoms with Crippen LogP contribution in [-0.4, -0.2) is 0 Å². The summed E-state index contributed by atoms with van der Waals surface area (Å²) in [6, 6.07) is 41.5. The van der Waals surface area contributed by atoms with Gasteiger partial charge >= 0.3 is 35.6 Å². The van der Waals surface area contributed by atoms with Gasteiger partial charge in [0.05, 0.1) is 0 Å². The van der Waals surface area contributed by atoms with Crippen molar-refractivity contribution in [1.29, 1.82) is 0 Å². The zero-order valence-corrected chi connectivity index (χ0v) is 20.6. The Morgan fingerprint density at radius 1 is 0.500 bits per heavy atom. The maximum Gasteiger partial charge on any atom is -0.0603 e. The van der Waals surface area contributed by atoms with Crippen LogP contribution in [0.5, 0.6) is 0 Å². The van der Waals surface area contributed by atoms with Crippen molar-refractivity contribution >= 4 is 30.0 Å². The molecular weight excluding hydrogens is 471 g/mol. The fourth-order valence-corrected chi connectivity index (χ4v) is 3.48. The fraction of sp³-hybridized carbons (Fsp3) is 0.111. The normalized spacial score (nSPS) is 11.9. The molecule has 0 saturated heterocycles. The Hall–Kier alpha value is -2.23. The summed E-state index contributed by atoms with van der Waals surface area (Å²) in [6.45, 7) is 0. The van der Waals surface area contributed by atoms with Crippen molar-refractivity contribution in [3.05, 3.63) is 143 Å². The van der Waals surface area contributed by atoms with E-state index in [9.17, 15) is 0 Å². The van der Waals surface area contributed by atoms with E-state index < -0.39 is 17.0 Å². The number of halogens is 2. The molecule has 2 atom stereocenters. The molecule has 2 unspecified atom stereocenters. The van der Waals surface area contributed by atoms with Crippen LogP contribution in [0, 0.1) is 0 Å². The summed E-state index contributed by atoms with van der Waals surface area (Å²) < 4.78 is 0. The molecule has 0 aliphatic heterocycles. The predicted octanol–water partition coefficient (Wildman–Crippen LogP) is 9.65. The molecule has 2 nitrogen and oxygen atoms in total. The van der Waals surface area contributed by atoms with Gasteiger partial charge in [0.25, 0.3) is 0 Å². The van der Waals surface area contributed by atoms with Crippen LogP contribution in [0.2, 0.25) is 0 Å². The first-order chi connectivity index (χ1) is 15.8. The minimum atomic E-state index is -0.556. The summed E-state index contributed by atoms with van der Waals surface area (Å²) in [6.07, 6.45) is 0.803. The zero-order chi connectivity index (χ0) is 22.4. The average molecular weight is 495 g/mol. The number of nitrogens with zero attached hydrogens (tertiary/aromatic N) is 2. The molecule has 0 radical (unpaired) electrons. The Morgan fingerprint density at radius 2 is 0.781 bits per heavy atom. The topological polar surface area (TPSA) is 28.2 Å². The molecular formula is C27H24Cl2N2Ti-2. The zero-order valence-electron chi connectivity index (χ0n) is 17.6. The third-order valence-electron chi connectivity index (χ3n) is 4.94. The van der Waals surface area contributed by atoms with Gasteiger partial charge in [0.1, 0.15) is 0 Å². The van der Waals surface area contributed by atoms with Gasteiger partial charge in [-0.05, 0) is 0 Å². The van der Waals surface area contributed by atoms with Crippen molar-refractivity contribution in [1.82, 2.24) is 0 Å². The Morgan fingerprint density at radius 3 is 1.09 bits per heavy atom. The molecule has 0 N–H and O–H groups in total. The van der Waals surface area contributed by atoms with Gasteiger partial charge in [0.15, 0.2) is 0 Å². The predicted molar refractivity (Wildman–Crippen MR) is 134 cm³/mol. The van der Waals surface area contributed by atoms with Gasteiger partial charge in [-0.15, -0.1) is 11.4 Å². The molecule has 4 aromatic carbocycles. The fourth-order valence-electron chi connectivity index (χ4n) is 3.48. The van der Waals surface area contributed by atoms with E-state index in [0.717, 1.165) is 17.8 Å². The summed E-state index contributed by atoms with van der Waals surface area (Å²) in [5.74, 6) is 0. The van der Waals surface area contributed by atoms with Crippen molar-refractivity contribution in [2.45, 2.75) is 18.5 Å². The van der Waals surface area contributed by atoms with Crippen LogP contribution in [0.25, 0.3) is 10.6 Å². The van der Waals surface area contributed by atoms with E-state index in [4.69, 9.17) is 29.2 Å². The van der Waals surface area contributed by atoms with Gasteiger partial charge in [-0.25, -0.2) is 0 Å². The van der Waals surface area contributed by atoms with E-state index >= 15 is 0 Å². The van der Waals surface area contributed by atoms with Gasteiger partial charge in [-0.2, -0.15) is 0 Å². The van der Waals surface area contributed by atoms with E-state index in [1.54, 1.807) is 0 Å². The second-order valence-electron chi connectivity index (χ2n) is 7.09. The van der Waals surface area contributed by atoms with Crippen molar-refractivity contribution in [2.75, 3.05) is 0 Å².